The smallest absolute Gasteiger partial charge is 0.227 e. The highest BCUT2D eigenvalue weighted by Crippen LogP contribution is 2.27. The molecule has 0 saturated carbocycles. The quantitative estimate of drug-likeness (QED) is 0.767. The van der Waals surface area contributed by atoms with E-state index in [1.54, 1.807) is 0 Å². The van der Waals surface area contributed by atoms with Crippen LogP contribution in [0.1, 0.15) is 37.1 Å². The van der Waals surface area contributed by atoms with Crippen LogP contribution in [0.25, 0.3) is 0 Å². The number of likely N-dealkylation sites (N-methyl/N-ethyl adjacent to an activating group) is 1. The molecule has 0 bridgehead atoms. The number of rotatable bonds is 3. The van der Waals surface area contributed by atoms with Crippen LogP contribution < -0.4 is 4.90 Å². The van der Waals surface area contributed by atoms with E-state index < -0.39 is 0 Å². The van der Waals surface area contributed by atoms with E-state index >= 15 is 0 Å². The van der Waals surface area contributed by atoms with Crippen molar-refractivity contribution in [3.8, 4) is 0 Å². The zero-order chi connectivity index (χ0) is 20.4. The van der Waals surface area contributed by atoms with Gasteiger partial charge in [0.15, 0.2) is 0 Å². The highest BCUT2D eigenvalue weighted by molar-refractivity contribution is 5.79. The normalized spacial score (nSPS) is 25.4. The van der Waals surface area contributed by atoms with Crippen LogP contribution in [0.2, 0.25) is 0 Å². The first-order valence-corrected chi connectivity index (χ1v) is 11.3. The van der Waals surface area contributed by atoms with Crippen LogP contribution in [0.4, 0.5) is 5.82 Å². The topological polar surface area (TPSA) is 55.8 Å². The summed E-state index contributed by atoms with van der Waals surface area (Å²) in [7, 11) is 2.14. The predicted octanol–water partition coefficient (Wildman–Crippen LogP) is 1.55. The van der Waals surface area contributed by atoms with Crippen LogP contribution in [0, 0.1) is 19.8 Å². The molecule has 1 amide bonds. The maximum atomic E-state index is 13.1. The van der Waals surface area contributed by atoms with Crippen LogP contribution in [-0.2, 0) is 4.79 Å². The van der Waals surface area contributed by atoms with Gasteiger partial charge in [0.2, 0.25) is 5.91 Å². The number of amides is 1. The van der Waals surface area contributed by atoms with Crippen molar-refractivity contribution in [1.29, 1.82) is 0 Å². The van der Waals surface area contributed by atoms with Crippen molar-refractivity contribution < 1.29 is 4.79 Å². The van der Waals surface area contributed by atoms with Crippen LogP contribution >= 0.6 is 0 Å². The Bertz CT molecular complexity index is 709. The third-order valence-electron chi connectivity index (χ3n) is 6.96. The molecule has 1 aromatic heterocycles. The Hall–Kier alpha value is -1.73. The Morgan fingerprint density at radius 2 is 1.72 bits per heavy atom. The molecule has 3 aliphatic rings. The summed E-state index contributed by atoms with van der Waals surface area (Å²) in [5.41, 5.74) is 1.16. The first kappa shape index (κ1) is 20.5. The fourth-order valence-electron chi connectivity index (χ4n) is 5.11. The number of carbonyl (C=O) groups excluding carboxylic acids is 1. The Morgan fingerprint density at radius 3 is 2.45 bits per heavy atom. The molecular weight excluding hydrogens is 364 g/mol. The van der Waals surface area contributed by atoms with Crippen molar-refractivity contribution in [1.82, 2.24) is 24.7 Å². The van der Waals surface area contributed by atoms with Crippen molar-refractivity contribution in [3.05, 3.63) is 17.6 Å². The molecule has 1 aromatic rings. The first-order chi connectivity index (χ1) is 14.0. The zero-order valence-corrected chi connectivity index (χ0v) is 18.3. The molecule has 1 atom stereocenters. The second-order valence-corrected chi connectivity index (χ2v) is 9.10. The van der Waals surface area contributed by atoms with E-state index in [4.69, 9.17) is 0 Å². The summed E-state index contributed by atoms with van der Waals surface area (Å²) in [5.74, 6) is 2.52. The van der Waals surface area contributed by atoms with Gasteiger partial charge in [-0.2, -0.15) is 0 Å². The minimum Gasteiger partial charge on any atom is -0.356 e. The lowest BCUT2D eigenvalue weighted by Gasteiger charge is -2.43. The predicted molar refractivity (Wildman–Crippen MR) is 115 cm³/mol. The van der Waals surface area contributed by atoms with E-state index in [0.29, 0.717) is 11.9 Å². The Balaban J connectivity index is 1.31. The van der Waals surface area contributed by atoms with Crippen molar-refractivity contribution in [2.75, 3.05) is 64.3 Å². The standard InChI is InChI=1S/C22H36N6O/c1-17-15-23-18(2)24-21(17)26-9-6-20(7-10-26)28-8-4-5-19(16-28)22(29)27-13-11-25(3)12-14-27/h15,19-20H,4-14,16H2,1-3H3/t19-/m0/s1. The van der Waals surface area contributed by atoms with Crippen molar-refractivity contribution in [2.24, 2.45) is 5.92 Å². The van der Waals surface area contributed by atoms with Gasteiger partial charge in [-0.05, 0) is 53.1 Å². The third kappa shape index (κ3) is 4.72. The van der Waals surface area contributed by atoms with Crippen molar-refractivity contribution >= 4 is 11.7 Å². The summed E-state index contributed by atoms with van der Waals surface area (Å²) in [6.07, 6.45) is 6.44. The SMILES string of the molecule is Cc1ncc(C)c(N2CCC(N3CCC[C@H](C(=O)N4CCN(C)CC4)C3)CC2)n1. The van der Waals surface area contributed by atoms with E-state index in [9.17, 15) is 4.79 Å². The Morgan fingerprint density at radius 1 is 1.00 bits per heavy atom. The number of nitrogens with zero attached hydrogens (tertiary/aromatic N) is 6. The van der Waals surface area contributed by atoms with E-state index in [1.807, 2.05) is 13.1 Å². The van der Waals surface area contributed by atoms with Crippen molar-refractivity contribution in [2.45, 2.75) is 45.6 Å². The summed E-state index contributed by atoms with van der Waals surface area (Å²) in [5, 5.41) is 0. The summed E-state index contributed by atoms with van der Waals surface area (Å²) in [6, 6.07) is 0.595. The lowest BCUT2D eigenvalue weighted by molar-refractivity contribution is -0.139. The van der Waals surface area contributed by atoms with Gasteiger partial charge < -0.3 is 14.7 Å². The van der Waals surface area contributed by atoms with E-state index in [1.165, 1.54) is 0 Å². The van der Waals surface area contributed by atoms with Gasteiger partial charge >= 0.3 is 0 Å². The van der Waals surface area contributed by atoms with E-state index in [0.717, 1.165) is 95.2 Å². The highest BCUT2D eigenvalue weighted by atomic mass is 16.2. The molecular formula is C22H36N6O. The monoisotopic (exact) mass is 400 g/mol. The van der Waals surface area contributed by atoms with Crippen LogP contribution in [0.15, 0.2) is 6.20 Å². The molecule has 160 valence electrons. The fraction of sp³-hybridized carbons (Fsp3) is 0.773. The van der Waals surface area contributed by atoms with Crippen molar-refractivity contribution in [3.63, 3.8) is 0 Å². The Kier molecular flexibility index (Phi) is 6.35. The number of hydrogen-bond donors (Lipinski definition) is 0. The van der Waals surface area contributed by atoms with E-state index in [-0.39, 0.29) is 5.92 Å². The second kappa shape index (κ2) is 8.96. The van der Waals surface area contributed by atoms with Gasteiger partial charge in [-0.15, -0.1) is 0 Å². The number of hydrogen-bond acceptors (Lipinski definition) is 6. The zero-order valence-electron chi connectivity index (χ0n) is 18.3. The van der Waals surface area contributed by atoms with Gasteiger partial charge in [-0.1, -0.05) is 0 Å². The van der Waals surface area contributed by atoms with Gasteiger partial charge in [-0.25, -0.2) is 9.97 Å². The molecule has 0 N–H and O–H groups in total. The van der Waals surface area contributed by atoms with Gasteiger partial charge in [-0.3, -0.25) is 9.69 Å². The summed E-state index contributed by atoms with van der Waals surface area (Å²) >= 11 is 0. The molecule has 3 aliphatic heterocycles. The summed E-state index contributed by atoms with van der Waals surface area (Å²) < 4.78 is 0. The van der Waals surface area contributed by atoms with Gasteiger partial charge in [0.1, 0.15) is 11.6 Å². The molecule has 3 saturated heterocycles. The van der Waals surface area contributed by atoms with Gasteiger partial charge in [0.25, 0.3) is 0 Å². The number of aryl methyl sites for hydroxylation is 2. The van der Waals surface area contributed by atoms with Crippen LogP contribution in [0.5, 0.6) is 0 Å². The minimum absolute atomic E-state index is 0.192. The van der Waals surface area contributed by atoms with Gasteiger partial charge in [0.05, 0.1) is 5.92 Å². The molecule has 7 heteroatoms. The summed E-state index contributed by atoms with van der Waals surface area (Å²) in [4.78, 5) is 31.5. The Labute approximate surface area is 175 Å². The average Bonchev–Trinajstić information content (AvgIpc) is 2.76. The maximum absolute atomic E-state index is 13.1. The lowest BCUT2D eigenvalue weighted by Crippen LogP contribution is -2.54. The molecule has 3 fully saturated rings. The molecule has 4 rings (SSSR count). The maximum Gasteiger partial charge on any atom is 0.227 e. The fourth-order valence-corrected chi connectivity index (χ4v) is 5.11. The molecule has 7 nitrogen and oxygen atoms in total. The highest BCUT2D eigenvalue weighted by Gasteiger charge is 2.34. The first-order valence-electron chi connectivity index (χ1n) is 11.3. The van der Waals surface area contributed by atoms with Crippen LogP contribution in [0.3, 0.4) is 0 Å². The number of piperazine rings is 1. The molecule has 0 aliphatic carbocycles. The molecule has 0 unspecified atom stereocenters. The van der Waals surface area contributed by atoms with Crippen LogP contribution in [-0.4, -0.2) is 96.0 Å². The number of anilines is 1. The molecule has 29 heavy (non-hydrogen) atoms. The molecule has 0 aromatic carbocycles. The number of piperidine rings is 2. The summed E-state index contributed by atoms with van der Waals surface area (Å²) in [6.45, 7) is 12.0. The number of carbonyl (C=O) groups is 1. The lowest BCUT2D eigenvalue weighted by atomic mass is 9.92. The second-order valence-electron chi connectivity index (χ2n) is 9.10. The average molecular weight is 401 g/mol. The molecule has 0 spiro atoms. The van der Waals surface area contributed by atoms with E-state index in [2.05, 4.69) is 43.5 Å². The van der Waals surface area contributed by atoms with Gasteiger partial charge in [0, 0.05) is 63.6 Å². The molecule has 4 heterocycles. The third-order valence-corrected chi connectivity index (χ3v) is 6.96. The minimum atomic E-state index is 0.192. The largest absolute Gasteiger partial charge is 0.356 e. The number of likely N-dealkylation sites (tertiary alicyclic amines) is 1. The number of aromatic nitrogens is 2. The molecule has 0 radical (unpaired) electrons.